The third-order valence-corrected chi connectivity index (χ3v) is 3.66. The fourth-order valence-electron chi connectivity index (χ4n) is 2.08. The van der Waals surface area contributed by atoms with Gasteiger partial charge in [-0.3, -0.25) is 4.79 Å². The number of methoxy groups -OCH3 is 1. The smallest absolute Gasteiger partial charge is 0.227 e. The predicted molar refractivity (Wildman–Crippen MR) is 92.7 cm³/mol. The van der Waals surface area contributed by atoms with Crippen molar-refractivity contribution in [3.05, 3.63) is 52.5 Å². The Labute approximate surface area is 141 Å². The summed E-state index contributed by atoms with van der Waals surface area (Å²) in [4.78, 5) is 12.0. The Morgan fingerprint density at radius 2 is 1.91 bits per heavy atom. The third kappa shape index (κ3) is 4.89. The Bertz CT molecular complexity index is 701. The number of aryl methyl sites for hydroxylation is 2. The number of carbonyl (C=O) groups excluding carboxylic acids is 1. The molecule has 0 aliphatic rings. The molecular formula is C18H20ClNO3. The number of carbonyl (C=O) groups is 1. The fourth-order valence-corrected chi connectivity index (χ4v) is 2.34. The Balaban J connectivity index is 1.85. The highest BCUT2D eigenvalue weighted by Gasteiger charge is 2.07. The number of anilines is 1. The van der Waals surface area contributed by atoms with Crippen LogP contribution in [0.3, 0.4) is 0 Å². The van der Waals surface area contributed by atoms with Crippen LogP contribution in [0.4, 0.5) is 5.69 Å². The average molecular weight is 334 g/mol. The molecule has 2 aromatic rings. The van der Waals surface area contributed by atoms with Gasteiger partial charge in [-0.1, -0.05) is 23.7 Å². The predicted octanol–water partition coefficient (Wildman–Crippen LogP) is 4.37. The van der Waals surface area contributed by atoms with Crippen molar-refractivity contribution in [3.8, 4) is 11.5 Å². The zero-order valence-corrected chi connectivity index (χ0v) is 14.2. The molecule has 2 rings (SSSR count). The van der Waals surface area contributed by atoms with E-state index in [1.165, 1.54) is 0 Å². The van der Waals surface area contributed by atoms with Crippen LogP contribution in [0.25, 0.3) is 0 Å². The van der Waals surface area contributed by atoms with Gasteiger partial charge in [0.05, 0.1) is 25.2 Å². The number of halogens is 1. The van der Waals surface area contributed by atoms with Gasteiger partial charge in [-0.25, -0.2) is 0 Å². The molecule has 1 amide bonds. The van der Waals surface area contributed by atoms with Gasteiger partial charge >= 0.3 is 0 Å². The minimum Gasteiger partial charge on any atom is -0.495 e. The van der Waals surface area contributed by atoms with E-state index in [1.54, 1.807) is 25.3 Å². The summed E-state index contributed by atoms with van der Waals surface area (Å²) in [7, 11) is 1.55. The normalized spacial score (nSPS) is 10.3. The third-order valence-electron chi connectivity index (χ3n) is 3.37. The number of hydrogen-bond acceptors (Lipinski definition) is 3. The van der Waals surface area contributed by atoms with Crippen molar-refractivity contribution in [2.45, 2.75) is 20.3 Å². The lowest BCUT2D eigenvalue weighted by atomic mass is 10.1. The molecule has 5 heteroatoms. The number of benzene rings is 2. The molecular weight excluding hydrogens is 314 g/mol. The molecule has 0 heterocycles. The van der Waals surface area contributed by atoms with Gasteiger partial charge in [-0.05, 0) is 49.2 Å². The van der Waals surface area contributed by atoms with Crippen LogP contribution in [0, 0.1) is 13.8 Å². The first kappa shape index (κ1) is 17.2. The molecule has 0 radical (unpaired) electrons. The lowest BCUT2D eigenvalue weighted by Crippen LogP contribution is -2.15. The molecule has 23 heavy (non-hydrogen) atoms. The molecule has 0 aliphatic heterocycles. The monoisotopic (exact) mass is 333 g/mol. The molecule has 0 atom stereocenters. The van der Waals surface area contributed by atoms with Crippen LogP contribution in [0.1, 0.15) is 17.5 Å². The zero-order valence-electron chi connectivity index (χ0n) is 13.5. The van der Waals surface area contributed by atoms with Gasteiger partial charge in [0, 0.05) is 5.69 Å². The molecule has 0 fully saturated rings. The summed E-state index contributed by atoms with van der Waals surface area (Å²) in [5.41, 5.74) is 2.81. The summed E-state index contributed by atoms with van der Waals surface area (Å²) in [5, 5.41) is 3.24. The second-order valence-corrected chi connectivity index (χ2v) is 5.67. The number of hydrogen-bond donors (Lipinski definition) is 1. The van der Waals surface area contributed by atoms with E-state index in [1.807, 2.05) is 32.0 Å². The second-order valence-electron chi connectivity index (χ2n) is 5.26. The van der Waals surface area contributed by atoms with Crippen LogP contribution in [0.5, 0.6) is 11.5 Å². The van der Waals surface area contributed by atoms with Crippen molar-refractivity contribution < 1.29 is 14.3 Å². The summed E-state index contributed by atoms with van der Waals surface area (Å²) in [5.74, 6) is 1.25. The average Bonchev–Trinajstić information content (AvgIpc) is 2.51. The number of rotatable bonds is 6. The van der Waals surface area contributed by atoms with Crippen LogP contribution in [-0.2, 0) is 4.79 Å². The number of nitrogens with one attached hydrogen (secondary N) is 1. The highest BCUT2D eigenvalue weighted by Crippen LogP contribution is 2.27. The second kappa shape index (κ2) is 7.88. The van der Waals surface area contributed by atoms with E-state index in [9.17, 15) is 4.79 Å². The largest absolute Gasteiger partial charge is 0.495 e. The summed E-state index contributed by atoms with van der Waals surface area (Å²) >= 11 is 6.03. The summed E-state index contributed by atoms with van der Waals surface area (Å²) in [6.07, 6.45) is 0.261. The molecule has 0 aromatic heterocycles. The molecule has 0 saturated heterocycles. The van der Waals surface area contributed by atoms with E-state index in [-0.39, 0.29) is 12.3 Å². The SMILES string of the molecule is COc1ccc(NC(=O)CCOc2cc(C)ccc2C)cc1Cl. The van der Waals surface area contributed by atoms with E-state index >= 15 is 0 Å². The van der Waals surface area contributed by atoms with E-state index in [2.05, 4.69) is 5.32 Å². The minimum absolute atomic E-state index is 0.128. The highest BCUT2D eigenvalue weighted by molar-refractivity contribution is 6.32. The van der Waals surface area contributed by atoms with Crippen LogP contribution in [-0.4, -0.2) is 19.6 Å². The Morgan fingerprint density at radius 1 is 1.13 bits per heavy atom. The standard InChI is InChI=1S/C18H20ClNO3/c1-12-4-5-13(2)17(10-12)23-9-8-18(21)20-14-6-7-16(22-3)15(19)11-14/h4-7,10-11H,8-9H2,1-3H3,(H,20,21). The van der Waals surface area contributed by atoms with Crippen molar-refractivity contribution in [1.29, 1.82) is 0 Å². The van der Waals surface area contributed by atoms with Crippen LogP contribution < -0.4 is 14.8 Å². The van der Waals surface area contributed by atoms with E-state index in [0.29, 0.717) is 23.1 Å². The van der Waals surface area contributed by atoms with Crippen LogP contribution >= 0.6 is 11.6 Å². The Morgan fingerprint density at radius 3 is 2.61 bits per heavy atom. The summed E-state index contributed by atoms with van der Waals surface area (Å²) in [6.45, 7) is 4.31. The molecule has 2 aromatic carbocycles. The fraction of sp³-hybridized carbons (Fsp3) is 0.278. The van der Waals surface area contributed by atoms with Crippen molar-refractivity contribution in [3.63, 3.8) is 0 Å². The topological polar surface area (TPSA) is 47.6 Å². The van der Waals surface area contributed by atoms with Gasteiger partial charge in [-0.2, -0.15) is 0 Å². The minimum atomic E-state index is -0.128. The Kier molecular flexibility index (Phi) is 5.88. The van der Waals surface area contributed by atoms with Gasteiger partial charge in [0.1, 0.15) is 11.5 Å². The van der Waals surface area contributed by atoms with Crippen molar-refractivity contribution >= 4 is 23.2 Å². The molecule has 0 spiro atoms. The first-order chi connectivity index (χ1) is 11.0. The molecule has 0 aliphatic carbocycles. The zero-order chi connectivity index (χ0) is 16.8. The van der Waals surface area contributed by atoms with Gasteiger partial charge < -0.3 is 14.8 Å². The maximum atomic E-state index is 12.0. The molecule has 4 nitrogen and oxygen atoms in total. The van der Waals surface area contributed by atoms with Crippen LogP contribution in [0.2, 0.25) is 5.02 Å². The Hall–Kier alpha value is -2.20. The van der Waals surface area contributed by atoms with Crippen molar-refractivity contribution in [2.75, 3.05) is 19.0 Å². The highest BCUT2D eigenvalue weighted by atomic mass is 35.5. The maximum Gasteiger partial charge on any atom is 0.227 e. The maximum absolute atomic E-state index is 12.0. The first-order valence-electron chi connectivity index (χ1n) is 7.33. The molecule has 0 saturated carbocycles. The molecule has 122 valence electrons. The molecule has 1 N–H and O–H groups in total. The molecule has 0 bridgehead atoms. The quantitative estimate of drug-likeness (QED) is 0.853. The first-order valence-corrected chi connectivity index (χ1v) is 7.71. The van der Waals surface area contributed by atoms with Crippen molar-refractivity contribution in [2.24, 2.45) is 0 Å². The van der Waals surface area contributed by atoms with E-state index in [4.69, 9.17) is 21.1 Å². The van der Waals surface area contributed by atoms with E-state index in [0.717, 1.165) is 16.9 Å². The van der Waals surface area contributed by atoms with Gasteiger partial charge in [0.25, 0.3) is 0 Å². The summed E-state index contributed by atoms with van der Waals surface area (Å²) in [6, 6.07) is 11.1. The number of ether oxygens (including phenoxy) is 2. The van der Waals surface area contributed by atoms with Crippen molar-refractivity contribution in [1.82, 2.24) is 0 Å². The summed E-state index contributed by atoms with van der Waals surface area (Å²) < 4.78 is 10.8. The number of amides is 1. The lowest BCUT2D eigenvalue weighted by molar-refractivity contribution is -0.116. The van der Waals surface area contributed by atoms with E-state index < -0.39 is 0 Å². The van der Waals surface area contributed by atoms with Gasteiger partial charge in [-0.15, -0.1) is 0 Å². The molecule has 0 unspecified atom stereocenters. The van der Waals surface area contributed by atoms with Gasteiger partial charge in [0.15, 0.2) is 0 Å². The van der Waals surface area contributed by atoms with Gasteiger partial charge in [0.2, 0.25) is 5.91 Å². The van der Waals surface area contributed by atoms with Crippen LogP contribution in [0.15, 0.2) is 36.4 Å². The lowest BCUT2D eigenvalue weighted by Gasteiger charge is -2.11.